The van der Waals surface area contributed by atoms with Gasteiger partial charge in [0.2, 0.25) is 0 Å². The number of hydrogen-bond donors (Lipinski definition) is 3. The van der Waals surface area contributed by atoms with Crippen LogP contribution in [-0.2, 0) is 11.3 Å². The smallest absolute Gasteiger partial charge is 0.191 e. The zero-order valence-electron chi connectivity index (χ0n) is 17.6. The summed E-state index contributed by atoms with van der Waals surface area (Å²) in [6.45, 7) is 7.51. The van der Waals surface area contributed by atoms with E-state index < -0.39 is 6.10 Å². The molecule has 29 heavy (non-hydrogen) atoms. The third-order valence-corrected chi connectivity index (χ3v) is 5.26. The van der Waals surface area contributed by atoms with Gasteiger partial charge in [0.1, 0.15) is 0 Å². The number of aliphatic hydroxyl groups excluding tert-OH is 1. The van der Waals surface area contributed by atoms with Crippen molar-refractivity contribution >= 4 is 29.9 Å². The predicted molar refractivity (Wildman–Crippen MR) is 129 cm³/mol. The van der Waals surface area contributed by atoms with E-state index in [1.54, 1.807) is 0 Å². The molecule has 0 spiro atoms. The van der Waals surface area contributed by atoms with Crippen molar-refractivity contribution in [3.8, 4) is 0 Å². The molecule has 1 aliphatic carbocycles. The van der Waals surface area contributed by atoms with Crippen molar-refractivity contribution in [1.82, 2.24) is 15.5 Å². The molecule has 7 heteroatoms. The molecule has 0 radical (unpaired) electrons. The van der Waals surface area contributed by atoms with Gasteiger partial charge in [-0.2, -0.15) is 0 Å². The van der Waals surface area contributed by atoms with Crippen LogP contribution < -0.4 is 10.6 Å². The predicted octanol–water partition coefficient (Wildman–Crippen LogP) is 2.61. The first-order valence-corrected chi connectivity index (χ1v) is 10.8. The summed E-state index contributed by atoms with van der Waals surface area (Å²) in [5, 5.41) is 17.0. The van der Waals surface area contributed by atoms with Crippen molar-refractivity contribution in [2.75, 3.05) is 39.4 Å². The maximum Gasteiger partial charge on any atom is 0.191 e. The number of nitrogens with one attached hydrogen (secondary N) is 2. The first-order valence-electron chi connectivity index (χ1n) is 10.8. The Hall–Kier alpha value is -0.900. The fraction of sp³-hybridized carbons (Fsp3) is 0.682. The number of aliphatic hydroxyl groups is 1. The van der Waals surface area contributed by atoms with E-state index >= 15 is 0 Å². The molecule has 2 aliphatic rings. The highest BCUT2D eigenvalue weighted by atomic mass is 127. The van der Waals surface area contributed by atoms with E-state index in [-0.39, 0.29) is 24.0 Å². The van der Waals surface area contributed by atoms with E-state index in [2.05, 4.69) is 57.8 Å². The standard InChI is InChI=1S/C22H36N4O2.HI/c1-2-23-22(24-13-21(27)17-28-16-19-10-11-19)25-20-9-6-12-26(15-20)14-18-7-4-3-5-8-18;/h3-5,7-8,19-21,27H,2,6,9-17H2,1H3,(H2,23,24,25);1H. The molecular weight excluding hydrogens is 479 g/mol. The fourth-order valence-electron chi connectivity index (χ4n) is 3.58. The molecule has 0 bridgehead atoms. The average Bonchev–Trinajstić information content (AvgIpc) is 3.52. The van der Waals surface area contributed by atoms with Crippen LogP contribution in [0, 0.1) is 5.92 Å². The number of nitrogens with zero attached hydrogens (tertiary/aromatic N) is 2. The van der Waals surface area contributed by atoms with Crippen LogP contribution in [0.4, 0.5) is 0 Å². The quantitative estimate of drug-likeness (QED) is 0.254. The van der Waals surface area contributed by atoms with Gasteiger partial charge in [0, 0.05) is 32.3 Å². The maximum atomic E-state index is 10.1. The van der Waals surface area contributed by atoms with Crippen molar-refractivity contribution < 1.29 is 9.84 Å². The minimum Gasteiger partial charge on any atom is -0.389 e. The zero-order valence-corrected chi connectivity index (χ0v) is 19.9. The monoisotopic (exact) mass is 516 g/mol. The normalized spacial score (nSPS) is 21.3. The highest BCUT2D eigenvalue weighted by molar-refractivity contribution is 14.0. The minimum absolute atomic E-state index is 0. The lowest BCUT2D eigenvalue weighted by atomic mass is 10.0. The summed E-state index contributed by atoms with van der Waals surface area (Å²) in [5.74, 6) is 1.51. The van der Waals surface area contributed by atoms with Crippen LogP contribution in [0.5, 0.6) is 0 Å². The van der Waals surface area contributed by atoms with Crippen molar-refractivity contribution in [1.29, 1.82) is 0 Å². The molecule has 1 saturated carbocycles. The molecule has 2 atom stereocenters. The highest BCUT2D eigenvalue weighted by Gasteiger charge is 2.22. The number of guanidine groups is 1. The number of halogens is 1. The summed E-state index contributed by atoms with van der Waals surface area (Å²) in [7, 11) is 0. The first-order chi connectivity index (χ1) is 13.7. The maximum absolute atomic E-state index is 10.1. The van der Waals surface area contributed by atoms with E-state index in [9.17, 15) is 5.11 Å². The summed E-state index contributed by atoms with van der Waals surface area (Å²) >= 11 is 0. The van der Waals surface area contributed by atoms with Crippen LogP contribution in [0.15, 0.2) is 35.3 Å². The van der Waals surface area contributed by atoms with E-state index in [0.29, 0.717) is 19.2 Å². The van der Waals surface area contributed by atoms with Crippen LogP contribution in [0.25, 0.3) is 0 Å². The SMILES string of the molecule is CCNC(=NCC(O)COCC1CC1)NC1CCCN(Cc2ccccc2)C1.I. The Kier molecular flexibility index (Phi) is 11.3. The fourth-order valence-corrected chi connectivity index (χ4v) is 3.58. The van der Waals surface area contributed by atoms with Crippen molar-refractivity contribution in [2.24, 2.45) is 10.9 Å². The molecule has 2 fully saturated rings. The van der Waals surface area contributed by atoms with Crippen molar-refractivity contribution in [3.63, 3.8) is 0 Å². The Labute approximate surface area is 192 Å². The summed E-state index contributed by atoms with van der Waals surface area (Å²) in [4.78, 5) is 7.08. The molecule has 1 saturated heterocycles. The van der Waals surface area contributed by atoms with Gasteiger partial charge < -0.3 is 20.5 Å². The van der Waals surface area contributed by atoms with Crippen LogP contribution in [-0.4, -0.2) is 67.5 Å². The largest absolute Gasteiger partial charge is 0.389 e. The zero-order chi connectivity index (χ0) is 19.6. The van der Waals surface area contributed by atoms with E-state index in [1.165, 1.54) is 24.8 Å². The summed E-state index contributed by atoms with van der Waals surface area (Å²) < 4.78 is 5.57. The topological polar surface area (TPSA) is 69.1 Å². The molecule has 0 aromatic heterocycles. The lowest BCUT2D eigenvalue weighted by Crippen LogP contribution is -2.51. The number of aliphatic imine (C=N–C) groups is 1. The van der Waals surface area contributed by atoms with E-state index in [0.717, 1.165) is 51.1 Å². The average molecular weight is 516 g/mol. The molecular formula is C22H37IN4O2. The number of ether oxygens (including phenoxy) is 1. The Morgan fingerprint density at radius 3 is 2.79 bits per heavy atom. The Bertz CT molecular complexity index is 598. The molecule has 164 valence electrons. The molecule has 3 rings (SSSR count). The van der Waals surface area contributed by atoms with Gasteiger partial charge in [0.05, 0.1) is 19.3 Å². The molecule has 1 aliphatic heterocycles. The number of rotatable bonds is 10. The lowest BCUT2D eigenvalue weighted by molar-refractivity contribution is 0.0368. The first kappa shape index (κ1) is 24.4. The number of likely N-dealkylation sites (tertiary alicyclic amines) is 1. The summed E-state index contributed by atoms with van der Waals surface area (Å²) in [6, 6.07) is 11.0. The highest BCUT2D eigenvalue weighted by Crippen LogP contribution is 2.28. The summed E-state index contributed by atoms with van der Waals surface area (Å²) in [6.07, 6.45) is 4.32. The molecule has 2 unspecified atom stereocenters. The van der Waals surface area contributed by atoms with Gasteiger partial charge in [-0.15, -0.1) is 24.0 Å². The lowest BCUT2D eigenvalue weighted by Gasteiger charge is -2.34. The molecule has 3 N–H and O–H groups in total. The van der Waals surface area contributed by atoms with Crippen LogP contribution >= 0.6 is 24.0 Å². The van der Waals surface area contributed by atoms with Gasteiger partial charge in [-0.25, -0.2) is 0 Å². The van der Waals surface area contributed by atoms with Crippen molar-refractivity contribution in [3.05, 3.63) is 35.9 Å². The molecule has 1 heterocycles. The van der Waals surface area contributed by atoms with Crippen molar-refractivity contribution in [2.45, 2.75) is 51.3 Å². The molecule has 1 aromatic rings. The third kappa shape index (κ3) is 9.63. The van der Waals surface area contributed by atoms with Crippen LogP contribution in [0.1, 0.15) is 38.2 Å². The Morgan fingerprint density at radius 2 is 2.07 bits per heavy atom. The van der Waals surface area contributed by atoms with Gasteiger partial charge in [-0.1, -0.05) is 30.3 Å². The van der Waals surface area contributed by atoms with Gasteiger partial charge in [-0.05, 0) is 50.6 Å². The Morgan fingerprint density at radius 1 is 1.28 bits per heavy atom. The number of benzene rings is 1. The van der Waals surface area contributed by atoms with Gasteiger partial charge in [0.25, 0.3) is 0 Å². The second-order valence-corrected chi connectivity index (χ2v) is 8.06. The Balaban J connectivity index is 0.00000300. The second kappa shape index (κ2) is 13.4. The number of piperidine rings is 1. The van der Waals surface area contributed by atoms with Gasteiger partial charge in [0.15, 0.2) is 5.96 Å². The number of hydrogen-bond acceptors (Lipinski definition) is 4. The van der Waals surface area contributed by atoms with Crippen LogP contribution in [0.2, 0.25) is 0 Å². The third-order valence-electron chi connectivity index (χ3n) is 5.26. The van der Waals surface area contributed by atoms with E-state index in [4.69, 9.17) is 4.74 Å². The molecule has 1 aromatic carbocycles. The molecule has 0 amide bonds. The minimum atomic E-state index is -0.546. The van der Waals surface area contributed by atoms with Gasteiger partial charge >= 0.3 is 0 Å². The second-order valence-electron chi connectivity index (χ2n) is 8.06. The van der Waals surface area contributed by atoms with Crippen LogP contribution in [0.3, 0.4) is 0 Å². The van der Waals surface area contributed by atoms with E-state index in [1.807, 2.05) is 0 Å². The molecule has 6 nitrogen and oxygen atoms in total. The van der Waals surface area contributed by atoms with Gasteiger partial charge in [-0.3, -0.25) is 9.89 Å². The summed E-state index contributed by atoms with van der Waals surface area (Å²) in [5.41, 5.74) is 1.36.